The predicted molar refractivity (Wildman–Crippen MR) is 78.9 cm³/mol. The van der Waals surface area contributed by atoms with E-state index in [2.05, 4.69) is 29.5 Å². The van der Waals surface area contributed by atoms with Gasteiger partial charge in [-0.3, -0.25) is 0 Å². The van der Waals surface area contributed by atoms with Gasteiger partial charge < -0.3 is 5.32 Å². The molecule has 3 atom stereocenters. The van der Waals surface area contributed by atoms with Crippen molar-refractivity contribution in [2.24, 2.45) is 5.92 Å². The van der Waals surface area contributed by atoms with Crippen molar-refractivity contribution in [3.63, 3.8) is 0 Å². The molecule has 0 radical (unpaired) electrons. The second-order valence-electron chi connectivity index (χ2n) is 5.62. The van der Waals surface area contributed by atoms with Crippen molar-refractivity contribution in [1.29, 1.82) is 0 Å². The zero-order chi connectivity index (χ0) is 12.8. The fourth-order valence-corrected chi connectivity index (χ4v) is 3.77. The molecular weight excluding hydrogens is 240 g/mol. The molecule has 0 bridgehead atoms. The molecule has 0 amide bonds. The predicted octanol–water partition coefficient (Wildman–Crippen LogP) is 4.54. The summed E-state index contributed by atoms with van der Waals surface area (Å²) in [6.07, 6.45) is 11.6. The number of aromatic nitrogens is 1. The molecule has 1 fully saturated rings. The second kappa shape index (κ2) is 7.25. The highest BCUT2D eigenvalue weighted by molar-refractivity contribution is 7.09. The molecule has 1 saturated carbocycles. The van der Waals surface area contributed by atoms with Gasteiger partial charge >= 0.3 is 0 Å². The summed E-state index contributed by atoms with van der Waals surface area (Å²) in [6.45, 7) is 4.55. The van der Waals surface area contributed by atoms with Gasteiger partial charge in [0.2, 0.25) is 0 Å². The molecule has 2 nitrogen and oxygen atoms in total. The van der Waals surface area contributed by atoms with Crippen LogP contribution in [0.4, 0.5) is 0 Å². The molecule has 0 aliphatic heterocycles. The van der Waals surface area contributed by atoms with Crippen molar-refractivity contribution in [2.45, 2.75) is 70.9 Å². The van der Waals surface area contributed by atoms with Crippen molar-refractivity contribution >= 4 is 11.3 Å². The fourth-order valence-electron chi connectivity index (χ4n) is 3.12. The average Bonchev–Trinajstić information content (AvgIpc) is 2.81. The third-order valence-corrected chi connectivity index (χ3v) is 5.05. The Morgan fingerprint density at radius 1 is 1.39 bits per heavy atom. The minimum absolute atomic E-state index is 0.415. The maximum atomic E-state index is 4.41. The van der Waals surface area contributed by atoms with E-state index in [-0.39, 0.29) is 0 Å². The van der Waals surface area contributed by atoms with Gasteiger partial charge in [-0.05, 0) is 32.1 Å². The van der Waals surface area contributed by atoms with E-state index in [4.69, 9.17) is 0 Å². The van der Waals surface area contributed by atoms with Gasteiger partial charge in [-0.1, -0.05) is 32.6 Å². The van der Waals surface area contributed by atoms with Crippen LogP contribution in [0.3, 0.4) is 0 Å². The summed E-state index contributed by atoms with van der Waals surface area (Å²) in [4.78, 5) is 4.41. The van der Waals surface area contributed by atoms with Crippen LogP contribution in [0, 0.1) is 5.92 Å². The van der Waals surface area contributed by atoms with Gasteiger partial charge in [0.15, 0.2) is 0 Å². The minimum Gasteiger partial charge on any atom is -0.305 e. The highest BCUT2D eigenvalue weighted by atomic mass is 32.1. The van der Waals surface area contributed by atoms with Crippen LogP contribution in [-0.2, 0) is 0 Å². The first kappa shape index (κ1) is 14.0. The van der Waals surface area contributed by atoms with Crippen LogP contribution in [-0.4, -0.2) is 11.0 Å². The monoisotopic (exact) mass is 266 g/mol. The van der Waals surface area contributed by atoms with Crippen molar-refractivity contribution < 1.29 is 0 Å². The summed E-state index contributed by atoms with van der Waals surface area (Å²) in [7, 11) is 0. The van der Waals surface area contributed by atoms with E-state index in [0.29, 0.717) is 12.1 Å². The molecule has 1 aliphatic carbocycles. The molecule has 1 aromatic rings. The largest absolute Gasteiger partial charge is 0.305 e. The van der Waals surface area contributed by atoms with E-state index < -0.39 is 0 Å². The van der Waals surface area contributed by atoms with Gasteiger partial charge in [-0.25, -0.2) is 4.98 Å². The Morgan fingerprint density at radius 3 is 3.00 bits per heavy atom. The number of nitrogens with one attached hydrogen (secondary N) is 1. The zero-order valence-electron chi connectivity index (χ0n) is 11.7. The van der Waals surface area contributed by atoms with Crippen LogP contribution < -0.4 is 5.32 Å². The number of hydrogen-bond donors (Lipinski definition) is 1. The van der Waals surface area contributed by atoms with E-state index in [1.54, 1.807) is 11.3 Å². The first-order valence-electron chi connectivity index (χ1n) is 7.45. The van der Waals surface area contributed by atoms with E-state index in [1.165, 1.54) is 50.0 Å². The molecule has 3 heteroatoms. The van der Waals surface area contributed by atoms with Crippen LogP contribution in [0.15, 0.2) is 11.6 Å². The van der Waals surface area contributed by atoms with Gasteiger partial charge in [0.25, 0.3) is 0 Å². The normalized spacial score (nSPS) is 26.8. The molecule has 0 spiro atoms. The van der Waals surface area contributed by atoms with Crippen LogP contribution in [0.2, 0.25) is 0 Å². The Kier molecular flexibility index (Phi) is 5.64. The maximum Gasteiger partial charge on any atom is 0.109 e. The highest BCUT2D eigenvalue weighted by Crippen LogP contribution is 2.28. The lowest BCUT2D eigenvalue weighted by Crippen LogP contribution is -2.31. The number of hydrogen-bond acceptors (Lipinski definition) is 3. The zero-order valence-corrected chi connectivity index (χ0v) is 12.5. The number of thiazole rings is 1. The average molecular weight is 266 g/mol. The van der Waals surface area contributed by atoms with Gasteiger partial charge in [-0.15, -0.1) is 11.3 Å². The Hall–Kier alpha value is -0.410. The molecule has 0 aromatic carbocycles. The third-order valence-electron chi connectivity index (χ3n) is 4.09. The summed E-state index contributed by atoms with van der Waals surface area (Å²) in [5.41, 5.74) is 0. The Bertz CT molecular complexity index is 323. The lowest BCUT2D eigenvalue weighted by molar-refractivity contribution is 0.392. The molecule has 1 aromatic heterocycles. The fraction of sp³-hybridized carbons (Fsp3) is 0.800. The van der Waals surface area contributed by atoms with Crippen LogP contribution in [0.25, 0.3) is 0 Å². The molecule has 18 heavy (non-hydrogen) atoms. The quantitative estimate of drug-likeness (QED) is 0.791. The Morgan fingerprint density at radius 2 is 2.28 bits per heavy atom. The summed E-state index contributed by atoms with van der Waals surface area (Å²) < 4.78 is 0. The number of rotatable bonds is 5. The maximum absolute atomic E-state index is 4.41. The van der Waals surface area contributed by atoms with Crippen LogP contribution in [0.1, 0.15) is 69.8 Å². The second-order valence-corrected chi connectivity index (χ2v) is 6.54. The molecule has 1 N–H and O–H groups in total. The lowest BCUT2D eigenvalue weighted by atomic mass is 9.95. The Balaban J connectivity index is 1.79. The standard InChI is InChI=1S/C15H26N2S/c1-3-5-13-6-4-7-14(9-8-13)17-12(2)15-16-10-11-18-15/h10-14,17H,3-9H2,1-2H3. The van der Waals surface area contributed by atoms with E-state index >= 15 is 0 Å². The van der Waals surface area contributed by atoms with Crippen molar-refractivity contribution in [2.75, 3.05) is 0 Å². The summed E-state index contributed by atoms with van der Waals surface area (Å²) in [5.74, 6) is 0.983. The van der Waals surface area contributed by atoms with Gasteiger partial charge in [0.05, 0.1) is 6.04 Å². The Labute approximate surface area is 115 Å². The van der Waals surface area contributed by atoms with Gasteiger partial charge in [0, 0.05) is 17.6 Å². The van der Waals surface area contributed by atoms with E-state index in [0.717, 1.165) is 5.92 Å². The first-order chi connectivity index (χ1) is 8.79. The van der Waals surface area contributed by atoms with Gasteiger partial charge in [-0.2, -0.15) is 0 Å². The summed E-state index contributed by atoms with van der Waals surface area (Å²) in [5, 5.41) is 7.07. The van der Waals surface area contributed by atoms with Crippen molar-refractivity contribution in [3.8, 4) is 0 Å². The molecule has 1 aliphatic rings. The van der Waals surface area contributed by atoms with E-state index in [9.17, 15) is 0 Å². The van der Waals surface area contributed by atoms with Crippen LogP contribution >= 0.6 is 11.3 Å². The third kappa shape index (κ3) is 4.06. The summed E-state index contributed by atoms with van der Waals surface area (Å²) >= 11 is 1.76. The summed E-state index contributed by atoms with van der Waals surface area (Å²) in [6, 6.07) is 1.11. The first-order valence-corrected chi connectivity index (χ1v) is 8.33. The number of nitrogens with zero attached hydrogens (tertiary/aromatic N) is 1. The SMILES string of the molecule is CCCC1CCCC(NC(C)c2nccs2)CC1. The van der Waals surface area contributed by atoms with Crippen molar-refractivity contribution in [3.05, 3.63) is 16.6 Å². The van der Waals surface area contributed by atoms with Gasteiger partial charge in [0.1, 0.15) is 5.01 Å². The molecular formula is C15H26N2S. The van der Waals surface area contributed by atoms with Crippen molar-refractivity contribution in [1.82, 2.24) is 10.3 Å². The molecule has 1 heterocycles. The van der Waals surface area contributed by atoms with E-state index in [1.807, 2.05) is 6.20 Å². The molecule has 2 rings (SSSR count). The topological polar surface area (TPSA) is 24.9 Å². The molecule has 0 saturated heterocycles. The minimum atomic E-state index is 0.415. The molecule has 102 valence electrons. The van der Waals surface area contributed by atoms with Crippen LogP contribution in [0.5, 0.6) is 0 Å². The highest BCUT2D eigenvalue weighted by Gasteiger charge is 2.20. The lowest BCUT2D eigenvalue weighted by Gasteiger charge is -2.20. The molecule has 3 unspecified atom stereocenters. The smallest absolute Gasteiger partial charge is 0.109 e.